The van der Waals surface area contributed by atoms with E-state index in [2.05, 4.69) is 16.4 Å². The fourth-order valence-electron chi connectivity index (χ4n) is 3.58. The lowest BCUT2D eigenvalue weighted by Gasteiger charge is -2.32. The molecule has 1 aliphatic heterocycles. The number of rotatable bonds is 8. The third-order valence-electron chi connectivity index (χ3n) is 5.18. The monoisotopic (exact) mass is 439 g/mol. The van der Waals surface area contributed by atoms with Crippen molar-refractivity contribution in [1.29, 1.82) is 5.26 Å². The van der Waals surface area contributed by atoms with E-state index in [-0.39, 0.29) is 49.4 Å². The highest BCUT2D eigenvalue weighted by molar-refractivity contribution is 7.13. The van der Waals surface area contributed by atoms with Gasteiger partial charge >= 0.3 is 0 Å². The zero-order valence-electron chi connectivity index (χ0n) is 17.2. The van der Waals surface area contributed by atoms with Crippen molar-refractivity contribution >= 4 is 39.9 Å². The van der Waals surface area contributed by atoms with Gasteiger partial charge in [0.15, 0.2) is 5.13 Å². The van der Waals surface area contributed by atoms with Crippen LogP contribution in [0.4, 0.5) is 10.8 Å². The Morgan fingerprint density at radius 1 is 1.26 bits per heavy atom. The standard InChI is InChI=1S/C22H25N5O3S/c23-11-5-14-27(18-7-2-1-3-8-18)20(29)10-9-19(28)26-13-4-6-17(16-26)21(30)25-22-24-12-15-31-22/h1-3,7-8,12,15,17H,4-6,9-10,13-14,16H2,(H,24,25,30). The highest BCUT2D eigenvalue weighted by atomic mass is 32.1. The Balaban J connectivity index is 1.53. The molecule has 2 heterocycles. The molecule has 31 heavy (non-hydrogen) atoms. The quantitative estimate of drug-likeness (QED) is 0.680. The van der Waals surface area contributed by atoms with Crippen LogP contribution in [-0.2, 0) is 14.4 Å². The molecule has 162 valence electrons. The molecule has 0 aliphatic carbocycles. The number of benzene rings is 1. The maximum atomic E-state index is 12.8. The Bertz CT molecular complexity index is 926. The van der Waals surface area contributed by atoms with Crippen LogP contribution in [0, 0.1) is 17.2 Å². The minimum Gasteiger partial charge on any atom is -0.342 e. The largest absolute Gasteiger partial charge is 0.342 e. The van der Waals surface area contributed by atoms with Gasteiger partial charge in [-0.3, -0.25) is 14.4 Å². The van der Waals surface area contributed by atoms with Gasteiger partial charge in [-0.15, -0.1) is 11.3 Å². The summed E-state index contributed by atoms with van der Waals surface area (Å²) in [6, 6.07) is 11.2. The van der Waals surface area contributed by atoms with E-state index in [0.29, 0.717) is 23.9 Å². The number of thiazole rings is 1. The fraction of sp³-hybridized carbons (Fsp3) is 0.409. The van der Waals surface area contributed by atoms with E-state index in [1.54, 1.807) is 21.4 Å². The summed E-state index contributed by atoms with van der Waals surface area (Å²) < 4.78 is 0. The second-order valence-electron chi connectivity index (χ2n) is 7.29. The normalized spacial score (nSPS) is 15.7. The van der Waals surface area contributed by atoms with Crippen molar-refractivity contribution in [1.82, 2.24) is 9.88 Å². The second kappa shape index (κ2) is 11.2. The van der Waals surface area contributed by atoms with Crippen LogP contribution in [0.5, 0.6) is 0 Å². The summed E-state index contributed by atoms with van der Waals surface area (Å²) in [6.07, 6.45) is 3.45. The Morgan fingerprint density at radius 3 is 2.77 bits per heavy atom. The SMILES string of the molecule is N#CCCN(C(=O)CCC(=O)N1CCCC(C(=O)Nc2nccs2)C1)c1ccccc1. The summed E-state index contributed by atoms with van der Waals surface area (Å²) in [5.41, 5.74) is 0.715. The number of likely N-dealkylation sites (tertiary alicyclic amines) is 1. The van der Waals surface area contributed by atoms with Crippen LogP contribution in [-0.4, -0.2) is 47.2 Å². The Morgan fingerprint density at radius 2 is 2.06 bits per heavy atom. The summed E-state index contributed by atoms with van der Waals surface area (Å²) in [7, 11) is 0. The van der Waals surface area contributed by atoms with Crippen LogP contribution in [0.3, 0.4) is 0 Å². The van der Waals surface area contributed by atoms with Crippen LogP contribution in [0.15, 0.2) is 41.9 Å². The number of anilines is 2. The second-order valence-corrected chi connectivity index (χ2v) is 8.19. The minimum absolute atomic E-state index is 0.0611. The lowest BCUT2D eigenvalue weighted by atomic mass is 9.97. The van der Waals surface area contributed by atoms with Gasteiger partial charge in [0.25, 0.3) is 0 Å². The molecule has 0 bridgehead atoms. The van der Waals surface area contributed by atoms with Gasteiger partial charge < -0.3 is 15.1 Å². The average Bonchev–Trinajstić information content (AvgIpc) is 3.31. The number of nitrogens with one attached hydrogen (secondary N) is 1. The molecule has 0 saturated carbocycles. The van der Waals surface area contributed by atoms with E-state index >= 15 is 0 Å². The van der Waals surface area contributed by atoms with Gasteiger partial charge in [-0.1, -0.05) is 18.2 Å². The molecule has 1 N–H and O–H groups in total. The average molecular weight is 440 g/mol. The highest BCUT2D eigenvalue weighted by Gasteiger charge is 2.29. The van der Waals surface area contributed by atoms with E-state index in [1.165, 1.54) is 11.3 Å². The number of amides is 3. The molecule has 0 radical (unpaired) electrons. The molecule has 8 nitrogen and oxygen atoms in total. The number of carbonyl (C=O) groups is 3. The molecule has 1 saturated heterocycles. The molecule has 1 aliphatic rings. The molecule has 1 aromatic carbocycles. The fourth-order valence-corrected chi connectivity index (χ4v) is 4.12. The van der Waals surface area contributed by atoms with Gasteiger partial charge in [-0.2, -0.15) is 5.26 Å². The minimum atomic E-state index is -0.284. The van der Waals surface area contributed by atoms with Crippen molar-refractivity contribution in [3.63, 3.8) is 0 Å². The molecule has 9 heteroatoms. The van der Waals surface area contributed by atoms with Crippen molar-refractivity contribution < 1.29 is 14.4 Å². The molecule has 1 unspecified atom stereocenters. The van der Waals surface area contributed by atoms with Crippen molar-refractivity contribution in [3.8, 4) is 6.07 Å². The Labute approximate surface area is 185 Å². The lowest BCUT2D eigenvalue weighted by molar-refractivity contribution is -0.136. The van der Waals surface area contributed by atoms with Crippen LogP contribution < -0.4 is 10.2 Å². The summed E-state index contributed by atoms with van der Waals surface area (Å²) in [5.74, 6) is -0.734. The summed E-state index contributed by atoms with van der Waals surface area (Å²) in [5, 5.41) is 14.0. The molecular weight excluding hydrogens is 414 g/mol. The third kappa shape index (κ3) is 6.36. The number of nitrogens with zero attached hydrogens (tertiary/aromatic N) is 4. The Hall–Kier alpha value is -3.25. The number of piperidine rings is 1. The number of hydrogen-bond acceptors (Lipinski definition) is 6. The van der Waals surface area contributed by atoms with Crippen molar-refractivity contribution in [2.24, 2.45) is 5.92 Å². The molecule has 1 aromatic heterocycles. The zero-order valence-corrected chi connectivity index (χ0v) is 18.0. The Kier molecular flexibility index (Phi) is 8.12. The number of aromatic nitrogens is 1. The maximum Gasteiger partial charge on any atom is 0.231 e. The number of carbonyl (C=O) groups excluding carboxylic acids is 3. The van der Waals surface area contributed by atoms with Crippen molar-refractivity contribution in [2.75, 3.05) is 29.9 Å². The van der Waals surface area contributed by atoms with Crippen LogP contribution in [0.25, 0.3) is 0 Å². The first kappa shape index (κ1) is 22.4. The summed E-state index contributed by atoms with van der Waals surface area (Å²) >= 11 is 1.35. The van der Waals surface area contributed by atoms with E-state index < -0.39 is 0 Å². The van der Waals surface area contributed by atoms with E-state index in [0.717, 1.165) is 12.8 Å². The first-order valence-electron chi connectivity index (χ1n) is 10.3. The molecule has 2 aromatic rings. The number of nitriles is 1. The van der Waals surface area contributed by atoms with Gasteiger partial charge in [-0.25, -0.2) is 4.98 Å². The molecule has 1 fully saturated rings. The van der Waals surface area contributed by atoms with Gasteiger partial charge in [0.2, 0.25) is 17.7 Å². The molecule has 3 rings (SSSR count). The highest BCUT2D eigenvalue weighted by Crippen LogP contribution is 2.21. The smallest absolute Gasteiger partial charge is 0.231 e. The molecular formula is C22H25N5O3S. The third-order valence-corrected chi connectivity index (χ3v) is 5.86. The van der Waals surface area contributed by atoms with Crippen molar-refractivity contribution in [2.45, 2.75) is 32.1 Å². The maximum absolute atomic E-state index is 12.8. The summed E-state index contributed by atoms with van der Waals surface area (Å²) in [6.45, 7) is 1.22. The zero-order chi connectivity index (χ0) is 22.1. The van der Waals surface area contributed by atoms with E-state index in [9.17, 15) is 14.4 Å². The lowest BCUT2D eigenvalue weighted by Crippen LogP contribution is -2.44. The first-order chi connectivity index (χ1) is 15.1. The van der Waals surface area contributed by atoms with E-state index in [4.69, 9.17) is 5.26 Å². The van der Waals surface area contributed by atoms with Crippen molar-refractivity contribution in [3.05, 3.63) is 41.9 Å². The summed E-state index contributed by atoms with van der Waals surface area (Å²) in [4.78, 5) is 45.2. The van der Waals surface area contributed by atoms with Gasteiger partial charge in [0.1, 0.15) is 0 Å². The van der Waals surface area contributed by atoms with E-state index in [1.807, 2.05) is 30.3 Å². The van der Waals surface area contributed by atoms with Gasteiger partial charge in [-0.05, 0) is 25.0 Å². The molecule has 0 spiro atoms. The molecule has 1 atom stereocenters. The predicted octanol–water partition coefficient (Wildman–Crippen LogP) is 3.05. The first-order valence-corrected chi connectivity index (χ1v) is 11.2. The van der Waals surface area contributed by atoms with Crippen LogP contribution >= 0.6 is 11.3 Å². The predicted molar refractivity (Wildman–Crippen MR) is 118 cm³/mol. The number of hydrogen-bond donors (Lipinski definition) is 1. The van der Waals surface area contributed by atoms with Crippen LogP contribution in [0.2, 0.25) is 0 Å². The van der Waals surface area contributed by atoms with Gasteiger partial charge in [0.05, 0.1) is 18.4 Å². The molecule has 3 amide bonds. The number of para-hydroxylation sites is 1. The van der Waals surface area contributed by atoms with Gasteiger partial charge in [0, 0.05) is 49.7 Å². The van der Waals surface area contributed by atoms with Crippen LogP contribution in [0.1, 0.15) is 32.1 Å². The topological polar surface area (TPSA) is 106 Å².